The highest BCUT2D eigenvalue weighted by Crippen LogP contribution is 2.16. The Balaban J connectivity index is 1.92. The highest BCUT2D eigenvalue weighted by atomic mass is 16.5. The average Bonchev–Trinajstić information content (AvgIpc) is 2.69. The molecule has 0 aliphatic heterocycles. The summed E-state index contributed by atoms with van der Waals surface area (Å²) in [6, 6.07) is 17.4. The highest BCUT2D eigenvalue weighted by Gasteiger charge is 2.08. The number of hydrogen-bond donors (Lipinski definition) is 1. The number of carbonyl (C=O) groups excluding carboxylic acids is 1. The molecule has 0 radical (unpaired) electrons. The van der Waals surface area contributed by atoms with Crippen molar-refractivity contribution >= 4 is 12.0 Å². The first-order chi connectivity index (χ1) is 13.1. The van der Waals surface area contributed by atoms with Crippen molar-refractivity contribution in [2.24, 2.45) is 0 Å². The molecule has 5 nitrogen and oxygen atoms in total. The average molecular weight is 364 g/mol. The van der Waals surface area contributed by atoms with Crippen LogP contribution in [0.25, 0.3) is 6.08 Å². The largest absolute Gasteiger partial charge is 0.489 e. The summed E-state index contributed by atoms with van der Waals surface area (Å²) in [5, 5.41) is 11.9. The van der Waals surface area contributed by atoms with Crippen molar-refractivity contribution in [1.82, 2.24) is 5.32 Å². The number of benzene rings is 2. The van der Waals surface area contributed by atoms with Gasteiger partial charge in [0.15, 0.2) is 0 Å². The van der Waals surface area contributed by atoms with E-state index in [0.717, 1.165) is 16.9 Å². The van der Waals surface area contributed by atoms with E-state index >= 15 is 0 Å². The number of rotatable bonds is 9. The Morgan fingerprint density at radius 1 is 1.15 bits per heavy atom. The zero-order chi connectivity index (χ0) is 19.5. The maximum absolute atomic E-state index is 12.0. The van der Waals surface area contributed by atoms with E-state index in [0.29, 0.717) is 26.2 Å². The second kappa shape index (κ2) is 10.8. The Morgan fingerprint density at radius 2 is 1.85 bits per heavy atom. The van der Waals surface area contributed by atoms with Crippen LogP contribution < -0.4 is 10.1 Å². The first-order valence-electron chi connectivity index (χ1n) is 8.79. The molecular formula is C22H24N2O3. The topological polar surface area (TPSA) is 71.3 Å². The fraction of sp³-hybridized carbons (Fsp3) is 0.273. The van der Waals surface area contributed by atoms with E-state index in [1.165, 1.54) is 5.56 Å². The van der Waals surface area contributed by atoms with Crippen molar-refractivity contribution < 1.29 is 14.3 Å². The molecule has 2 aromatic carbocycles. The van der Waals surface area contributed by atoms with E-state index in [1.54, 1.807) is 13.2 Å². The molecule has 0 aliphatic carbocycles. The molecule has 27 heavy (non-hydrogen) atoms. The molecule has 0 heterocycles. The highest BCUT2D eigenvalue weighted by molar-refractivity contribution is 6.01. The third-order valence-corrected chi connectivity index (χ3v) is 3.89. The minimum atomic E-state index is -0.381. The number of nitrogens with one attached hydrogen (secondary N) is 1. The van der Waals surface area contributed by atoms with Crippen molar-refractivity contribution in [3.8, 4) is 11.8 Å². The molecule has 2 rings (SSSR count). The zero-order valence-corrected chi connectivity index (χ0v) is 15.7. The van der Waals surface area contributed by atoms with E-state index in [2.05, 4.69) is 17.4 Å². The van der Waals surface area contributed by atoms with Crippen LogP contribution >= 0.6 is 0 Å². The summed E-state index contributed by atoms with van der Waals surface area (Å²) in [4.78, 5) is 12.0. The third-order valence-electron chi connectivity index (χ3n) is 3.89. The smallest absolute Gasteiger partial charge is 0.261 e. The number of amides is 1. The number of aryl methyl sites for hydroxylation is 1. The van der Waals surface area contributed by atoms with Gasteiger partial charge in [0.1, 0.15) is 24.0 Å². The number of hydrogen-bond acceptors (Lipinski definition) is 4. The molecule has 0 saturated heterocycles. The lowest BCUT2D eigenvalue weighted by molar-refractivity contribution is -0.117. The molecule has 0 fully saturated rings. The quantitative estimate of drug-likeness (QED) is 0.419. The van der Waals surface area contributed by atoms with Crippen molar-refractivity contribution in [2.45, 2.75) is 20.0 Å². The Hall–Kier alpha value is -3.10. The fourth-order valence-corrected chi connectivity index (χ4v) is 2.34. The molecule has 0 saturated carbocycles. The Morgan fingerprint density at radius 3 is 2.48 bits per heavy atom. The predicted molar refractivity (Wildman–Crippen MR) is 105 cm³/mol. The van der Waals surface area contributed by atoms with Crippen LogP contribution in [0.4, 0.5) is 0 Å². The molecule has 0 unspecified atom stereocenters. The van der Waals surface area contributed by atoms with Crippen LogP contribution in [0.3, 0.4) is 0 Å². The summed E-state index contributed by atoms with van der Waals surface area (Å²) in [6.07, 6.45) is 2.27. The lowest BCUT2D eigenvalue weighted by atomic mass is 10.1. The Bertz CT molecular complexity index is 803. The van der Waals surface area contributed by atoms with Gasteiger partial charge in [-0.1, -0.05) is 42.0 Å². The van der Waals surface area contributed by atoms with Crippen LogP contribution in [0.2, 0.25) is 0 Å². The number of carbonyl (C=O) groups is 1. The summed E-state index contributed by atoms with van der Waals surface area (Å²) in [5.74, 6) is 0.351. The number of nitriles is 1. The maximum atomic E-state index is 12.0. The molecule has 0 aromatic heterocycles. The van der Waals surface area contributed by atoms with Gasteiger partial charge in [-0.3, -0.25) is 4.79 Å². The van der Waals surface area contributed by atoms with Crippen molar-refractivity contribution in [3.05, 3.63) is 70.8 Å². The third kappa shape index (κ3) is 6.96. The second-order valence-electron chi connectivity index (χ2n) is 6.12. The SMILES string of the molecule is COCCCNC(=O)/C(C#N)=C/c1ccc(OCc2ccc(C)cc2)cc1. The van der Waals surface area contributed by atoms with Crippen molar-refractivity contribution in [3.63, 3.8) is 0 Å². The molecule has 5 heteroatoms. The molecule has 0 spiro atoms. The minimum Gasteiger partial charge on any atom is -0.489 e. The van der Waals surface area contributed by atoms with Gasteiger partial charge < -0.3 is 14.8 Å². The molecule has 0 bridgehead atoms. The van der Waals surface area contributed by atoms with Crippen LogP contribution in [-0.2, 0) is 16.1 Å². The van der Waals surface area contributed by atoms with Gasteiger partial charge in [-0.15, -0.1) is 0 Å². The van der Waals surface area contributed by atoms with E-state index in [9.17, 15) is 10.1 Å². The summed E-state index contributed by atoms with van der Waals surface area (Å²) in [6.45, 7) is 3.57. The summed E-state index contributed by atoms with van der Waals surface area (Å²) < 4.78 is 10.7. The monoisotopic (exact) mass is 364 g/mol. The molecular weight excluding hydrogens is 340 g/mol. The normalized spacial score (nSPS) is 10.9. The number of nitrogens with zero attached hydrogens (tertiary/aromatic N) is 1. The summed E-state index contributed by atoms with van der Waals surface area (Å²) in [7, 11) is 1.61. The van der Waals surface area contributed by atoms with Gasteiger partial charge >= 0.3 is 0 Å². The Kier molecular flexibility index (Phi) is 8.08. The molecule has 1 N–H and O–H groups in total. The van der Waals surface area contributed by atoms with Gasteiger partial charge in [-0.05, 0) is 42.7 Å². The molecule has 140 valence electrons. The molecule has 1 amide bonds. The van der Waals surface area contributed by atoms with E-state index < -0.39 is 0 Å². The lowest BCUT2D eigenvalue weighted by Crippen LogP contribution is -2.26. The molecule has 2 aromatic rings. The summed E-state index contributed by atoms with van der Waals surface area (Å²) >= 11 is 0. The van der Waals surface area contributed by atoms with Gasteiger partial charge in [0.05, 0.1) is 0 Å². The van der Waals surface area contributed by atoms with Gasteiger partial charge in [0, 0.05) is 20.3 Å². The predicted octanol–water partition coefficient (Wildman–Crippen LogP) is 3.63. The van der Waals surface area contributed by atoms with E-state index in [-0.39, 0.29) is 11.5 Å². The van der Waals surface area contributed by atoms with Crippen LogP contribution in [0.1, 0.15) is 23.1 Å². The van der Waals surface area contributed by atoms with Gasteiger partial charge in [0.2, 0.25) is 0 Å². The standard InChI is InChI=1S/C22H24N2O3/c1-17-4-6-19(7-5-17)16-27-21-10-8-18(9-11-21)14-20(15-23)22(25)24-12-3-13-26-2/h4-11,14H,3,12-13,16H2,1-2H3,(H,24,25)/b20-14+. The first-order valence-corrected chi connectivity index (χ1v) is 8.79. The second-order valence-corrected chi connectivity index (χ2v) is 6.12. The van der Waals surface area contributed by atoms with Gasteiger partial charge in [-0.2, -0.15) is 5.26 Å². The van der Waals surface area contributed by atoms with Crippen LogP contribution in [0.5, 0.6) is 5.75 Å². The van der Waals surface area contributed by atoms with Crippen LogP contribution in [0, 0.1) is 18.3 Å². The Labute approximate surface area is 160 Å². The first kappa shape index (κ1) is 20.2. The minimum absolute atomic E-state index is 0.0701. The van der Waals surface area contributed by atoms with Gasteiger partial charge in [-0.25, -0.2) is 0 Å². The number of methoxy groups -OCH3 is 1. The van der Waals surface area contributed by atoms with Gasteiger partial charge in [0.25, 0.3) is 5.91 Å². The van der Waals surface area contributed by atoms with Crippen molar-refractivity contribution in [2.75, 3.05) is 20.3 Å². The fourth-order valence-electron chi connectivity index (χ4n) is 2.34. The number of ether oxygens (including phenoxy) is 2. The summed E-state index contributed by atoms with van der Waals surface area (Å²) in [5.41, 5.74) is 3.15. The van der Waals surface area contributed by atoms with E-state index in [1.807, 2.05) is 49.4 Å². The lowest BCUT2D eigenvalue weighted by Gasteiger charge is -2.07. The van der Waals surface area contributed by atoms with Crippen LogP contribution in [-0.4, -0.2) is 26.2 Å². The van der Waals surface area contributed by atoms with Crippen LogP contribution in [0.15, 0.2) is 54.1 Å². The molecule has 0 atom stereocenters. The van der Waals surface area contributed by atoms with E-state index in [4.69, 9.17) is 9.47 Å². The zero-order valence-electron chi connectivity index (χ0n) is 15.7. The van der Waals surface area contributed by atoms with Crippen molar-refractivity contribution in [1.29, 1.82) is 5.26 Å². The maximum Gasteiger partial charge on any atom is 0.261 e. The molecule has 0 aliphatic rings.